The molecule has 2 rings (SSSR count). The van der Waals surface area contributed by atoms with Crippen LogP contribution in [0.2, 0.25) is 0 Å². The highest BCUT2D eigenvalue weighted by atomic mass is 32.1. The first-order chi connectivity index (χ1) is 9.63. The van der Waals surface area contributed by atoms with Gasteiger partial charge >= 0.3 is 0 Å². The smallest absolute Gasteiger partial charge is 0.240 e. The molecule has 112 valence electrons. The molecule has 2 N–H and O–H groups in total. The van der Waals surface area contributed by atoms with Crippen LogP contribution in [-0.2, 0) is 4.79 Å². The number of carbonyl (C=O) groups excluding carboxylic acids is 1. The summed E-state index contributed by atoms with van der Waals surface area (Å²) < 4.78 is 0. The fourth-order valence-electron chi connectivity index (χ4n) is 2.51. The van der Waals surface area contributed by atoms with Crippen LogP contribution in [0.5, 0.6) is 0 Å². The highest BCUT2D eigenvalue weighted by Crippen LogP contribution is 2.16. The van der Waals surface area contributed by atoms with Gasteiger partial charge in [-0.15, -0.1) is 11.3 Å². The minimum absolute atomic E-state index is 0.0393. The number of aromatic nitrogens is 1. The average molecular weight is 296 g/mol. The summed E-state index contributed by atoms with van der Waals surface area (Å²) >= 11 is 1.45. The second-order valence-electron chi connectivity index (χ2n) is 5.69. The van der Waals surface area contributed by atoms with Crippen LogP contribution in [0, 0.1) is 5.92 Å². The van der Waals surface area contributed by atoms with Crippen LogP contribution in [0.15, 0.2) is 11.6 Å². The van der Waals surface area contributed by atoms with Crippen molar-refractivity contribution in [2.24, 2.45) is 5.92 Å². The van der Waals surface area contributed by atoms with E-state index in [1.807, 2.05) is 5.38 Å². The number of hydrogen-bond acceptors (Lipinski definition) is 5. The van der Waals surface area contributed by atoms with Crippen molar-refractivity contribution in [2.45, 2.75) is 32.7 Å². The number of anilines is 1. The molecule has 0 radical (unpaired) electrons. The number of nitrogens with zero attached hydrogens (tertiary/aromatic N) is 2. The van der Waals surface area contributed by atoms with Crippen molar-refractivity contribution >= 4 is 22.4 Å². The van der Waals surface area contributed by atoms with Crippen molar-refractivity contribution in [3.05, 3.63) is 11.6 Å². The van der Waals surface area contributed by atoms with Gasteiger partial charge in [0.25, 0.3) is 0 Å². The Morgan fingerprint density at radius 2 is 2.45 bits per heavy atom. The third kappa shape index (κ3) is 5.19. The standard InChI is InChI=1S/C14H24N4OS/c1-11(2)16-8-12-4-3-6-18(9-12)10-13(19)17-14-15-5-7-20-14/h5,7,11-12,16H,3-4,6,8-10H2,1-2H3,(H,15,17,19). The van der Waals surface area contributed by atoms with Crippen LogP contribution < -0.4 is 10.6 Å². The van der Waals surface area contributed by atoms with Gasteiger partial charge < -0.3 is 10.6 Å². The molecule has 1 aliphatic rings. The van der Waals surface area contributed by atoms with Gasteiger partial charge in [0.1, 0.15) is 0 Å². The summed E-state index contributed by atoms with van der Waals surface area (Å²) in [6.07, 6.45) is 4.13. The number of carbonyl (C=O) groups is 1. The quantitative estimate of drug-likeness (QED) is 0.840. The highest BCUT2D eigenvalue weighted by Gasteiger charge is 2.21. The van der Waals surface area contributed by atoms with Gasteiger partial charge in [-0.25, -0.2) is 4.98 Å². The van der Waals surface area contributed by atoms with Crippen molar-refractivity contribution in [1.29, 1.82) is 0 Å². The predicted molar refractivity (Wildman–Crippen MR) is 83.0 cm³/mol. The maximum atomic E-state index is 11.9. The molecular weight excluding hydrogens is 272 g/mol. The van der Waals surface area contributed by atoms with Crippen molar-refractivity contribution < 1.29 is 4.79 Å². The summed E-state index contributed by atoms with van der Waals surface area (Å²) in [7, 11) is 0. The van der Waals surface area contributed by atoms with E-state index in [0.29, 0.717) is 23.6 Å². The Kier molecular flexibility index (Phi) is 5.94. The minimum Gasteiger partial charge on any atom is -0.314 e. The predicted octanol–water partition coefficient (Wildman–Crippen LogP) is 1.79. The molecule has 1 saturated heterocycles. The van der Waals surface area contributed by atoms with Gasteiger partial charge in [-0.1, -0.05) is 13.8 Å². The third-order valence-corrected chi connectivity index (χ3v) is 4.15. The van der Waals surface area contributed by atoms with E-state index in [2.05, 4.69) is 34.4 Å². The van der Waals surface area contributed by atoms with Gasteiger partial charge in [-0.3, -0.25) is 9.69 Å². The zero-order valence-corrected chi connectivity index (χ0v) is 13.1. The lowest BCUT2D eigenvalue weighted by atomic mass is 9.98. The summed E-state index contributed by atoms with van der Waals surface area (Å²) in [6, 6.07) is 0.526. The first-order valence-corrected chi connectivity index (χ1v) is 8.16. The molecule has 0 aliphatic carbocycles. The fourth-order valence-corrected chi connectivity index (χ4v) is 3.06. The largest absolute Gasteiger partial charge is 0.314 e. The Morgan fingerprint density at radius 3 is 3.15 bits per heavy atom. The van der Waals surface area contributed by atoms with E-state index < -0.39 is 0 Å². The molecule has 20 heavy (non-hydrogen) atoms. The highest BCUT2D eigenvalue weighted by molar-refractivity contribution is 7.13. The van der Waals surface area contributed by atoms with Crippen LogP contribution in [0.25, 0.3) is 0 Å². The molecule has 1 amide bonds. The Bertz CT molecular complexity index is 407. The van der Waals surface area contributed by atoms with Crippen LogP contribution in [0.4, 0.5) is 5.13 Å². The maximum Gasteiger partial charge on any atom is 0.240 e. The number of nitrogens with one attached hydrogen (secondary N) is 2. The average Bonchev–Trinajstić information content (AvgIpc) is 2.89. The summed E-state index contributed by atoms with van der Waals surface area (Å²) in [4.78, 5) is 18.3. The van der Waals surface area contributed by atoms with Gasteiger partial charge in [0.15, 0.2) is 5.13 Å². The maximum absolute atomic E-state index is 11.9. The van der Waals surface area contributed by atoms with Gasteiger partial charge in [-0.2, -0.15) is 0 Å². The van der Waals surface area contributed by atoms with Crippen LogP contribution in [0.1, 0.15) is 26.7 Å². The molecule has 1 atom stereocenters. The first kappa shape index (κ1) is 15.4. The summed E-state index contributed by atoms with van der Waals surface area (Å²) in [5, 5.41) is 8.89. The Morgan fingerprint density at radius 1 is 1.60 bits per heavy atom. The first-order valence-electron chi connectivity index (χ1n) is 7.28. The fraction of sp³-hybridized carbons (Fsp3) is 0.714. The molecule has 2 heterocycles. The van der Waals surface area contributed by atoms with E-state index in [1.54, 1.807) is 6.20 Å². The van der Waals surface area contributed by atoms with Gasteiger partial charge in [0, 0.05) is 24.2 Å². The van der Waals surface area contributed by atoms with Crippen molar-refractivity contribution in [1.82, 2.24) is 15.2 Å². The number of hydrogen-bond donors (Lipinski definition) is 2. The molecule has 0 bridgehead atoms. The normalized spacial score (nSPS) is 20.2. The molecule has 0 spiro atoms. The van der Waals surface area contributed by atoms with E-state index in [0.717, 1.165) is 19.6 Å². The molecule has 0 aromatic carbocycles. The van der Waals surface area contributed by atoms with E-state index in [-0.39, 0.29) is 5.91 Å². The number of likely N-dealkylation sites (tertiary alicyclic amines) is 1. The zero-order valence-electron chi connectivity index (χ0n) is 12.3. The van der Waals surface area contributed by atoms with Crippen LogP contribution in [0.3, 0.4) is 0 Å². The summed E-state index contributed by atoms with van der Waals surface area (Å²) in [5.41, 5.74) is 0. The molecular formula is C14H24N4OS. The molecule has 1 aliphatic heterocycles. The van der Waals surface area contributed by atoms with E-state index >= 15 is 0 Å². The molecule has 0 saturated carbocycles. The zero-order chi connectivity index (χ0) is 14.4. The lowest BCUT2D eigenvalue weighted by Crippen LogP contribution is -2.43. The Hall–Kier alpha value is -0.980. The number of rotatable bonds is 6. The van der Waals surface area contributed by atoms with Gasteiger partial charge in [-0.05, 0) is 31.8 Å². The van der Waals surface area contributed by atoms with Crippen molar-refractivity contribution in [3.63, 3.8) is 0 Å². The number of piperidine rings is 1. The number of thiazole rings is 1. The molecule has 1 fully saturated rings. The van der Waals surface area contributed by atoms with Crippen LogP contribution >= 0.6 is 11.3 Å². The summed E-state index contributed by atoms with van der Waals surface area (Å²) in [6.45, 7) is 7.87. The monoisotopic (exact) mass is 296 g/mol. The summed E-state index contributed by atoms with van der Waals surface area (Å²) in [5.74, 6) is 0.691. The molecule has 1 aromatic rings. The molecule has 1 unspecified atom stereocenters. The Labute approximate surface area is 124 Å². The SMILES string of the molecule is CC(C)NCC1CCCN(CC(=O)Nc2nccs2)C1. The van der Waals surface area contributed by atoms with Crippen molar-refractivity contribution in [3.8, 4) is 0 Å². The third-order valence-electron chi connectivity index (χ3n) is 3.46. The second-order valence-corrected chi connectivity index (χ2v) is 6.59. The van der Waals surface area contributed by atoms with Gasteiger partial charge in [0.2, 0.25) is 5.91 Å². The minimum atomic E-state index is 0.0393. The molecule has 6 heteroatoms. The molecule has 5 nitrogen and oxygen atoms in total. The van der Waals surface area contributed by atoms with E-state index in [9.17, 15) is 4.79 Å². The Balaban J connectivity index is 1.73. The van der Waals surface area contributed by atoms with Crippen molar-refractivity contribution in [2.75, 3.05) is 31.5 Å². The lowest BCUT2D eigenvalue weighted by Gasteiger charge is -2.32. The topological polar surface area (TPSA) is 57.3 Å². The molecule has 1 aromatic heterocycles. The van der Waals surface area contributed by atoms with E-state index in [4.69, 9.17) is 0 Å². The lowest BCUT2D eigenvalue weighted by molar-refractivity contribution is -0.117. The number of amides is 1. The van der Waals surface area contributed by atoms with E-state index in [1.165, 1.54) is 24.2 Å². The van der Waals surface area contributed by atoms with Gasteiger partial charge in [0.05, 0.1) is 6.54 Å². The second kappa shape index (κ2) is 7.71. The van der Waals surface area contributed by atoms with Crippen LogP contribution in [-0.4, -0.2) is 48.0 Å².